The second-order valence-electron chi connectivity index (χ2n) is 5.59. The number of hydrogen-bond acceptors (Lipinski definition) is 2. The third kappa shape index (κ3) is 3.02. The van der Waals surface area contributed by atoms with E-state index in [4.69, 9.17) is 0 Å². The van der Waals surface area contributed by atoms with Crippen molar-refractivity contribution >= 4 is 29.5 Å². The van der Waals surface area contributed by atoms with Gasteiger partial charge in [0, 0.05) is 17.1 Å². The fourth-order valence-electron chi connectivity index (χ4n) is 2.91. The zero-order valence-electron chi connectivity index (χ0n) is 13.5. The van der Waals surface area contributed by atoms with Gasteiger partial charge in [0.2, 0.25) is 0 Å². The predicted molar refractivity (Wildman–Crippen MR) is 99.8 cm³/mol. The van der Waals surface area contributed by atoms with Crippen LogP contribution in [0.3, 0.4) is 0 Å². The molecule has 0 N–H and O–H groups in total. The normalized spacial score (nSPS) is 10.3. The fraction of sp³-hybridized carbons (Fsp3) is 0.0952. The second kappa shape index (κ2) is 6.49. The topological polar surface area (TPSA) is 15.6 Å². The van der Waals surface area contributed by atoms with Crippen molar-refractivity contribution in [2.75, 3.05) is 4.90 Å². The van der Waals surface area contributed by atoms with Crippen LogP contribution in [0, 0.1) is 13.8 Å². The van der Waals surface area contributed by atoms with E-state index < -0.39 is 0 Å². The average molecular weight is 300 g/mol. The lowest BCUT2D eigenvalue weighted by Crippen LogP contribution is -2.10. The molecule has 3 aromatic rings. The van der Waals surface area contributed by atoms with E-state index in [1.165, 1.54) is 0 Å². The molecule has 0 aliphatic rings. The van der Waals surface area contributed by atoms with Gasteiger partial charge in [-0.15, -0.1) is 0 Å². The molecule has 0 atom stereocenters. The maximum atomic E-state index is 4.15. The Balaban J connectivity index is 2.19. The number of aryl methyl sites for hydroxylation is 2. The van der Waals surface area contributed by atoms with Crippen LogP contribution >= 0.6 is 0 Å². The van der Waals surface area contributed by atoms with Gasteiger partial charge in [-0.3, -0.25) is 4.99 Å². The Hall–Kier alpha value is -2.87. The minimum Gasteiger partial charge on any atom is -0.310 e. The van der Waals surface area contributed by atoms with Gasteiger partial charge in [-0.25, -0.2) is 0 Å². The lowest BCUT2D eigenvalue weighted by Gasteiger charge is -2.26. The zero-order valence-corrected chi connectivity index (χ0v) is 13.5. The van der Waals surface area contributed by atoms with Crippen molar-refractivity contribution in [2.45, 2.75) is 13.8 Å². The van der Waals surface area contributed by atoms with Gasteiger partial charge in [0.25, 0.3) is 0 Å². The minimum atomic E-state index is 0.967. The molecule has 0 amide bonds. The van der Waals surface area contributed by atoms with E-state index in [0.29, 0.717) is 0 Å². The molecule has 0 aliphatic heterocycles. The van der Waals surface area contributed by atoms with Gasteiger partial charge in [-0.05, 0) is 68.1 Å². The molecule has 0 saturated carbocycles. The third-order valence-corrected chi connectivity index (χ3v) is 3.92. The SMILES string of the molecule is C=Nc1c(C)cc(N(c2ccccc2)c2ccccc2)cc1C. The molecule has 2 nitrogen and oxygen atoms in total. The van der Waals surface area contributed by atoms with Crippen molar-refractivity contribution in [3.8, 4) is 0 Å². The van der Waals surface area contributed by atoms with Crippen LogP contribution in [0.2, 0.25) is 0 Å². The molecule has 0 radical (unpaired) electrons. The van der Waals surface area contributed by atoms with Crippen LogP contribution in [0.15, 0.2) is 77.8 Å². The Labute approximate surface area is 137 Å². The van der Waals surface area contributed by atoms with Gasteiger partial charge in [-0.1, -0.05) is 36.4 Å². The van der Waals surface area contributed by atoms with Crippen molar-refractivity contribution in [3.05, 3.63) is 83.9 Å². The third-order valence-electron chi connectivity index (χ3n) is 3.92. The van der Waals surface area contributed by atoms with Crippen LogP contribution in [0.1, 0.15) is 11.1 Å². The van der Waals surface area contributed by atoms with Gasteiger partial charge in [0.05, 0.1) is 5.69 Å². The summed E-state index contributed by atoms with van der Waals surface area (Å²) in [5.41, 5.74) is 6.63. The van der Waals surface area contributed by atoms with Gasteiger partial charge >= 0.3 is 0 Å². The van der Waals surface area contributed by atoms with Gasteiger partial charge in [-0.2, -0.15) is 0 Å². The summed E-state index contributed by atoms with van der Waals surface area (Å²) in [6.07, 6.45) is 0. The summed E-state index contributed by atoms with van der Waals surface area (Å²) in [6.45, 7) is 7.84. The number of rotatable bonds is 4. The van der Waals surface area contributed by atoms with Crippen molar-refractivity contribution < 1.29 is 0 Å². The summed E-state index contributed by atoms with van der Waals surface area (Å²) >= 11 is 0. The lowest BCUT2D eigenvalue weighted by molar-refractivity contribution is 1.24. The fourth-order valence-corrected chi connectivity index (χ4v) is 2.91. The van der Waals surface area contributed by atoms with Crippen LogP contribution in [0.25, 0.3) is 0 Å². The van der Waals surface area contributed by atoms with Crippen LogP contribution in [-0.2, 0) is 0 Å². The van der Waals surface area contributed by atoms with Crippen molar-refractivity contribution in [3.63, 3.8) is 0 Å². The highest BCUT2D eigenvalue weighted by molar-refractivity contribution is 5.78. The van der Waals surface area contributed by atoms with Crippen molar-refractivity contribution in [2.24, 2.45) is 4.99 Å². The molecule has 2 heteroatoms. The molecule has 3 aromatic carbocycles. The van der Waals surface area contributed by atoms with Crippen molar-refractivity contribution in [1.82, 2.24) is 0 Å². The summed E-state index contributed by atoms with van der Waals surface area (Å²) in [6, 6.07) is 25.1. The van der Waals surface area contributed by atoms with E-state index in [0.717, 1.165) is 33.9 Å². The molecular weight excluding hydrogens is 280 g/mol. The Bertz CT molecular complexity index is 745. The van der Waals surface area contributed by atoms with E-state index in [1.807, 2.05) is 12.1 Å². The lowest BCUT2D eigenvalue weighted by atomic mass is 10.1. The molecule has 23 heavy (non-hydrogen) atoms. The molecule has 0 unspecified atom stereocenters. The van der Waals surface area contributed by atoms with E-state index in [2.05, 4.69) is 91.1 Å². The number of nitrogens with zero attached hydrogens (tertiary/aromatic N) is 2. The zero-order chi connectivity index (χ0) is 16.2. The molecule has 3 rings (SSSR count). The molecule has 0 aliphatic carbocycles. The predicted octanol–water partition coefficient (Wildman–Crippen LogP) is 6.11. The van der Waals surface area contributed by atoms with E-state index in [1.54, 1.807) is 0 Å². The monoisotopic (exact) mass is 300 g/mol. The van der Waals surface area contributed by atoms with E-state index in [9.17, 15) is 0 Å². The second-order valence-corrected chi connectivity index (χ2v) is 5.59. The number of para-hydroxylation sites is 2. The Morgan fingerprint density at radius 2 is 1.13 bits per heavy atom. The van der Waals surface area contributed by atoms with E-state index >= 15 is 0 Å². The Kier molecular flexibility index (Phi) is 4.24. The first kappa shape index (κ1) is 15.0. The summed E-state index contributed by atoms with van der Waals surface area (Å²) in [4.78, 5) is 6.40. The quantitative estimate of drug-likeness (QED) is 0.531. The largest absolute Gasteiger partial charge is 0.310 e. The van der Waals surface area contributed by atoms with E-state index in [-0.39, 0.29) is 0 Å². The first-order valence-electron chi connectivity index (χ1n) is 7.69. The molecule has 0 spiro atoms. The maximum Gasteiger partial charge on any atom is 0.0682 e. The van der Waals surface area contributed by atoms with Crippen LogP contribution in [-0.4, -0.2) is 6.72 Å². The molecule has 114 valence electrons. The first-order valence-corrected chi connectivity index (χ1v) is 7.69. The van der Waals surface area contributed by atoms with Gasteiger partial charge < -0.3 is 4.90 Å². The van der Waals surface area contributed by atoms with Gasteiger partial charge in [0.1, 0.15) is 0 Å². The molecule has 0 aromatic heterocycles. The van der Waals surface area contributed by atoms with Crippen LogP contribution in [0.5, 0.6) is 0 Å². The molecular formula is C21H20N2. The number of aliphatic imine (C=N–C) groups is 1. The summed E-state index contributed by atoms with van der Waals surface area (Å²) in [5, 5.41) is 0. The number of hydrogen-bond donors (Lipinski definition) is 0. The number of benzene rings is 3. The first-order chi connectivity index (χ1) is 11.2. The standard InChI is InChI=1S/C21H20N2/c1-16-14-20(15-17(2)21(16)22-3)23(18-10-6-4-7-11-18)19-12-8-5-9-13-19/h4-15H,3H2,1-2H3. The maximum absolute atomic E-state index is 4.15. The Morgan fingerprint density at radius 3 is 1.52 bits per heavy atom. The smallest absolute Gasteiger partial charge is 0.0682 e. The summed E-state index contributed by atoms with van der Waals surface area (Å²) < 4.78 is 0. The van der Waals surface area contributed by atoms with Crippen LogP contribution in [0.4, 0.5) is 22.7 Å². The highest BCUT2D eigenvalue weighted by Gasteiger charge is 2.14. The van der Waals surface area contributed by atoms with Crippen molar-refractivity contribution in [1.29, 1.82) is 0 Å². The van der Waals surface area contributed by atoms with Gasteiger partial charge in [0.15, 0.2) is 0 Å². The molecule has 0 fully saturated rings. The molecule has 0 bridgehead atoms. The average Bonchev–Trinajstić information content (AvgIpc) is 2.57. The minimum absolute atomic E-state index is 0.967. The highest BCUT2D eigenvalue weighted by atomic mass is 15.1. The highest BCUT2D eigenvalue weighted by Crippen LogP contribution is 2.37. The summed E-state index contributed by atoms with van der Waals surface area (Å²) in [7, 11) is 0. The number of anilines is 3. The summed E-state index contributed by atoms with van der Waals surface area (Å²) in [5.74, 6) is 0. The molecule has 0 heterocycles. The molecule has 0 saturated heterocycles. The van der Waals surface area contributed by atoms with Crippen LogP contribution < -0.4 is 4.90 Å². The Morgan fingerprint density at radius 1 is 0.696 bits per heavy atom.